The number of carbonyl (C=O) groups is 2. The third-order valence-corrected chi connectivity index (χ3v) is 5.82. The summed E-state index contributed by atoms with van der Waals surface area (Å²) < 4.78 is 3.65. The predicted molar refractivity (Wildman–Crippen MR) is 91.6 cm³/mol. The number of rotatable bonds is 5. The zero-order chi connectivity index (χ0) is 16.5. The number of hydrazine groups is 1. The van der Waals surface area contributed by atoms with E-state index in [4.69, 9.17) is 0 Å². The maximum absolute atomic E-state index is 12.2. The number of halogens is 1. The summed E-state index contributed by atoms with van der Waals surface area (Å²) in [6.07, 6.45) is 2.09. The molecule has 2 heterocycles. The summed E-state index contributed by atoms with van der Waals surface area (Å²) in [5, 5.41) is 14.8. The molecular weight excluding hydrogens is 401 g/mol. The Hall–Kier alpha value is -1.98. The first-order valence-electron chi connectivity index (χ1n) is 6.56. The standard InChI is InChI=1S/C10H14IN7O2.C2H6/c1-11-5-7(8-3-4-13-15-8)9(10(20)14-11)18(6-19)17-16-12-2;1-2/h3-4,6H,5H2,1-2H3,(H,12,17)(H,13,15)(H,14,20);1-2H3. The van der Waals surface area contributed by atoms with Crippen LogP contribution in [0.3, 0.4) is 0 Å². The van der Waals surface area contributed by atoms with Gasteiger partial charge in [0.05, 0.1) is 0 Å². The fourth-order valence-corrected chi connectivity index (χ4v) is 4.92. The normalized spacial score (nSPS) is 16.0. The Balaban J connectivity index is 0.00000116. The summed E-state index contributed by atoms with van der Waals surface area (Å²) in [7, 11) is 1.46. The molecule has 1 aromatic rings. The van der Waals surface area contributed by atoms with Gasteiger partial charge in [0, 0.05) is 0 Å². The SMILES string of the molecule is CC.CN=NNN(C=O)C1=C(c2ccn[nH]2)CI(C)NC1=O. The summed E-state index contributed by atoms with van der Waals surface area (Å²) in [5.74, 6) is -0.292. The molecule has 0 spiro atoms. The van der Waals surface area contributed by atoms with Crippen molar-refractivity contribution in [2.24, 2.45) is 10.3 Å². The van der Waals surface area contributed by atoms with Crippen LogP contribution in [0.25, 0.3) is 5.57 Å². The number of hydrogen-bond donors (Lipinski definition) is 3. The molecule has 9 nitrogen and oxygen atoms in total. The van der Waals surface area contributed by atoms with E-state index in [0.29, 0.717) is 6.41 Å². The van der Waals surface area contributed by atoms with Crippen LogP contribution in [-0.2, 0) is 9.59 Å². The van der Waals surface area contributed by atoms with Crippen molar-refractivity contribution in [3.8, 4) is 0 Å². The summed E-state index contributed by atoms with van der Waals surface area (Å²) in [4.78, 5) is 25.4. The Labute approximate surface area is 136 Å². The van der Waals surface area contributed by atoms with Gasteiger partial charge in [0.2, 0.25) is 0 Å². The molecule has 0 aromatic carbocycles. The molecule has 1 aliphatic rings. The molecule has 0 bridgehead atoms. The van der Waals surface area contributed by atoms with Gasteiger partial charge in [0.1, 0.15) is 0 Å². The molecule has 0 radical (unpaired) electrons. The van der Waals surface area contributed by atoms with Crippen LogP contribution in [0, 0.1) is 0 Å². The number of H-pyrrole nitrogens is 1. The third kappa shape index (κ3) is 4.26. The molecule has 22 heavy (non-hydrogen) atoms. The van der Waals surface area contributed by atoms with Gasteiger partial charge < -0.3 is 0 Å². The van der Waals surface area contributed by atoms with Crippen molar-refractivity contribution < 1.29 is 9.59 Å². The average molecular weight is 421 g/mol. The van der Waals surface area contributed by atoms with E-state index in [9.17, 15) is 9.59 Å². The fraction of sp³-hybridized carbons (Fsp3) is 0.417. The minimum absolute atomic E-state index is 0.215. The average Bonchev–Trinajstić information content (AvgIpc) is 3.05. The van der Waals surface area contributed by atoms with Gasteiger partial charge >= 0.3 is 122 Å². The van der Waals surface area contributed by atoms with Crippen LogP contribution in [0.4, 0.5) is 0 Å². The van der Waals surface area contributed by atoms with Gasteiger partial charge in [-0.2, -0.15) is 0 Å². The Morgan fingerprint density at radius 2 is 2.23 bits per heavy atom. The fourth-order valence-electron chi connectivity index (χ4n) is 1.72. The van der Waals surface area contributed by atoms with Crippen molar-refractivity contribution in [2.75, 3.05) is 16.4 Å². The molecule has 10 heteroatoms. The van der Waals surface area contributed by atoms with Crippen molar-refractivity contribution in [2.45, 2.75) is 13.8 Å². The van der Waals surface area contributed by atoms with Gasteiger partial charge in [-0.1, -0.05) is 13.8 Å². The monoisotopic (exact) mass is 421 g/mol. The van der Waals surface area contributed by atoms with E-state index in [2.05, 4.69) is 29.6 Å². The number of alkyl halides is 2. The first-order valence-corrected chi connectivity index (χ1v) is 11.3. The second-order valence-corrected chi connectivity index (χ2v) is 8.49. The summed E-state index contributed by atoms with van der Waals surface area (Å²) in [6, 6.07) is 1.77. The summed E-state index contributed by atoms with van der Waals surface area (Å²) >= 11 is -1.58. The molecule has 0 atom stereocenters. The van der Waals surface area contributed by atoms with E-state index in [-0.39, 0.29) is 11.6 Å². The Kier molecular flexibility index (Phi) is 7.49. The first kappa shape index (κ1) is 18.1. The van der Waals surface area contributed by atoms with E-state index < -0.39 is 20.1 Å². The van der Waals surface area contributed by atoms with Crippen LogP contribution >= 0.6 is 20.1 Å². The van der Waals surface area contributed by atoms with Crippen molar-refractivity contribution in [3.05, 3.63) is 23.7 Å². The molecule has 3 N–H and O–H groups in total. The third-order valence-electron chi connectivity index (χ3n) is 2.51. The quantitative estimate of drug-likeness (QED) is 0.166. The number of allylic oxidation sites excluding steroid dienone is 1. The van der Waals surface area contributed by atoms with Crippen LogP contribution in [-0.4, -0.2) is 43.9 Å². The van der Waals surface area contributed by atoms with Crippen LogP contribution < -0.4 is 9.06 Å². The second kappa shape index (κ2) is 9.12. The van der Waals surface area contributed by atoms with Crippen molar-refractivity contribution >= 4 is 38.0 Å². The zero-order valence-corrected chi connectivity index (χ0v) is 15.1. The molecule has 0 saturated heterocycles. The van der Waals surface area contributed by atoms with Crippen LogP contribution in [0.1, 0.15) is 19.5 Å². The van der Waals surface area contributed by atoms with E-state index in [0.717, 1.165) is 20.7 Å². The molecule has 2 rings (SSSR count). The maximum atomic E-state index is 12.2. The number of aromatic nitrogens is 2. The number of hydrogen-bond acceptors (Lipinski definition) is 5. The molecule has 0 aliphatic carbocycles. The number of nitrogens with one attached hydrogen (secondary N) is 3. The zero-order valence-electron chi connectivity index (χ0n) is 12.9. The molecule has 122 valence electrons. The number of aromatic amines is 1. The Morgan fingerprint density at radius 1 is 1.50 bits per heavy atom. The van der Waals surface area contributed by atoms with Crippen molar-refractivity contribution in [3.63, 3.8) is 0 Å². The van der Waals surface area contributed by atoms with Crippen LogP contribution in [0.15, 0.2) is 28.3 Å². The van der Waals surface area contributed by atoms with Crippen molar-refractivity contribution in [1.82, 2.24) is 24.3 Å². The van der Waals surface area contributed by atoms with Gasteiger partial charge in [-0.05, 0) is 0 Å². The molecule has 0 fully saturated rings. The summed E-state index contributed by atoms with van der Waals surface area (Å²) in [6.45, 7) is 4.00. The van der Waals surface area contributed by atoms with Gasteiger partial charge in [0.15, 0.2) is 0 Å². The first-order chi connectivity index (χ1) is 10.7. The topological polar surface area (TPSA) is 115 Å². The van der Waals surface area contributed by atoms with Crippen LogP contribution in [0.2, 0.25) is 0 Å². The molecule has 1 aliphatic heterocycles. The number of nitrogens with zero attached hydrogens (tertiary/aromatic N) is 4. The molecule has 0 saturated carbocycles. The Morgan fingerprint density at radius 3 is 2.77 bits per heavy atom. The number of carbonyl (C=O) groups excluding carboxylic acids is 2. The van der Waals surface area contributed by atoms with E-state index >= 15 is 0 Å². The van der Waals surface area contributed by atoms with Crippen molar-refractivity contribution in [1.29, 1.82) is 0 Å². The van der Waals surface area contributed by atoms with Gasteiger partial charge in [0.25, 0.3) is 0 Å². The summed E-state index contributed by atoms with van der Waals surface area (Å²) in [5.41, 5.74) is 4.11. The molecule has 1 aromatic heterocycles. The molecular formula is C12H20IN7O2. The minimum atomic E-state index is -1.58. The van der Waals surface area contributed by atoms with E-state index in [1.54, 1.807) is 12.3 Å². The van der Waals surface area contributed by atoms with Gasteiger partial charge in [-0.25, -0.2) is 0 Å². The molecule has 0 unspecified atom stereocenters. The second-order valence-electron chi connectivity index (χ2n) is 3.82. The van der Waals surface area contributed by atoms with Gasteiger partial charge in [-0.15, -0.1) is 0 Å². The molecule has 2 amide bonds. The van der Waals surface area contributed by atoms with Crippen LogP contribution in [0.5, 0.6) is 0 Å². The van der Waals surface area contributed by atoms with E-state index in [1.165, 1.54) is 7.05 Å². The van der Waals surface area contributed by atoms with Gasteiger partial charge in [-0.3, -0.25) is 0 Å². The predicted octanol–water partition coefficient (Wildman–Crippen LogP) is 1.29. The number of amides is 2. The van der Waals surface area contributed by atoms with E-state index in [1.807, 2.05) is 18.8 Å². The Bertz CT molecular complexity index is 556.